The molecule has 0 spiro atoms. The summed E-state index contributed by atoms with van der Waals surface area (Å²) >= 11 is 2.27. The van der Waals surface area contributed by atoms with Crippen LogP contribution in [-0.4, -0.2) is 32.7 Å². The maximum Gasteiger partial charge on any atom is 0.325 e. The van der Waals surface area contributed by atoms with Gasteiger partial charge in [-0.3, -0.25) is 4.79 Å². The van der Waals surface area contributed by atoms with Gasteiger partial charge in [0.15, 0.2) is 0 Å². The van der Waals surface area contributed by atoms with Crippen LogP contribution < -0.4 is 9.54 Å². The first-order valence-electron chi connectivity index (χ1n) is 7.62. The molecule has 138 valence electrons. The number of sulfonamides is 1. The van der Waals surface area contributed by atoms with Crippen LogP contribution in [0.4, 0.5) is 0 Å². The lowest BCUT2D eigenvalue weighted by Gasteiger charge is -2.05. The van der Waals surface area contributed by atoms with E-state index < -0.39 is 16.0 Å². The third-order valence-corrected chi connectivity index (χ3v) is 7.22. The van der Waals surface area contributed by atoms with Crippen molar-refractivity contribution in [3.8, 4) is 5.75 Å². The molecule has 0 N–H and O–H groups in total. The van der Waals surface area contributed by atoms with E-state index in [4.69, 9.17) is 9.47 Å². The summed E-state index contributed by atoms with van der Waals surface area (Å²) < 4.78 is 41.6. The second-order valence-corrected chi connectivity index (χ2v) is 8.90. The van der Waals surface area contributed by atoms with Crippen LogP contribution in [0.15, 0.2) is 44.3 Å². The first-order chi connectivity index (χ1) is 12.4. The second-order valence-electron chi connectivity index (χ2n) is 5.11. The molecule has 0 radical (unpaired) electrons. The lowest BCUT2D eigenvalue weighted by atomic mass is 10.3. The Morgan fingerprint density at radius 1 is 1.31 bits per heavy atom. The van der Waals surface area contributed by atoms with E-state index >= 15 is 0 Å². The van der Waals surface area contributed by atoms with Gasteiger partial charge in [-0.1, -0.05) is 17.4 Å². The molecule has 0 aliphatic rings. The molecule has 0 amide bonds. The average Bonchev–Trinajstić information content (AvgIpc) is 3.24. The molecule has 2 aromatic heterocycles. The van der Waals surface area contributed by atoms with Gasteiger partial charge in [0.05, 0.1) is 23.9 Å². The summed E-state index contributed by atoms with van der Waals surface area (Å²) in [6, 6.07) is 8.48. The molecule has 10 heteroatoms. The number of thiophene rings is 1. The molecule has 0 atom stereocenters. The van der Waals surface area contributed by atoms with Crippen molar-refractivity contribution >= 4 is 48.9 Å². The standard InChI is InChI=1S/C16H16N2O5S3/c1-3-23-11-6-7-12-13(9-11)25-16(18(12)10-14(19)22-2)17-26(20,21)15-5-4-8-24-15/h4-9H,3,10H2,1-2H3/b17-16-. The number of hydrogen-bond acceptors (Lipinski definition) is 7. The largest absolute Gasteiger partial charge is 0.494 e. The van der Waals surface area contributed by atoms with Crippen molar-refractivity contribution in [1.82, 2.24) is 4.57 Å². The van der Waals surface area contributed by atoms with E-state index in [-0.39, 0.29) is 15.6 Å². The van der Waals surface area contributed by atoms with E-state index in [1.165, 1.54) is 29.1 Å². The van der Waals surface area contributed by atoms with Crippen molar-refractivity contribution in [1.29, 1.82) is 0 Å². The first-order valence-corrected chi connectivity index (χ1v) is 10.8. The van der Waals surface area contributed by atoms with Crippen LogP contribution in [0.1, 0.15) is 6.92 Å². The second kappa shape index (κ2) is 7.60. The molecule has 0 unspecified atom stereocenters. The number of hydrogen-bond donors (Lipinski definition) is 0. The number of aromatic nitrogens is 1. The molecule has 0 fully saturated rings. The number of carbonyl (C=O) groups is 1. The average molecular weight is 413 g/mol. The SMILES string of the molecule is CCOc1ccc2c(c1)s/c(=N\S(=O)(=O)c1cccs1)n2CC(=O)OC. The van der Waals surface area contributed by atoms with Crippen LogP contribution in [0.25, 0.3) is 10.2 Å². The van der Waals surface area contributed by atoms with Gasteiger partial charge < -0.3 is 14.0 Å². The van der Waals surface area contributed by atoms with Crippen molar-refractivity contribution in [2.45, 2.75) is 17.7 Å². The summed E-state index contributed by atoms with van der Waals surface area (Å²) in [6.07, 6.45) is 0. The predicted octanol–water partition coefficient (Wildman–Crippen LogP) is 2.63. The number of methoxy groups -OCH3 is 1. The fraction of sp³-hybridized carbons (Fsp3) is 0.250. The topological polar surface area (TPSA) is 87.0 Å². The van der Waals surface area contributed by atoms with Gasteiger partial charge in [-0.2, -0.15) is 8.42 Å². The number of benzene rings is 1. The fourth-order valence-electron chi connectivity index (χ4n) is 2.28. The minimum absolute atomic E-state index is 0.136. The van der Waals surface area contributed by atoms with Gasteiger partial charge >= 0.3 is 5.97 Å². The smallest absolute Gasteiger partial charge is 0.325 e. The lowest BCUT2D eigenvalue weighted by Crippen LogP contribution is -2.22. The van der Waals surface area contributed by atoms with Gasteiger partial charge in [-0.15, -0.1) is 15.7 Å². The van der Waals surface area contributed by atoms with Gasteiger partial charge in [0.2, 0.25) is 4.80 Å². The summed E-state index contributed by atoms with van der Waals surface area (Å²) in [7, 11) is -2.57. The van der Waals surface area contributed by atoms with Crippen molar-refractivity contribution < 1.29 is 22.7 Å². The molecule has 7 nitrogen and oxygen atoms in total. The molecule has 3 rings (SSSR count). The Hall–Kier alpha value is -2.17. The van der Waals surface area contributed by atoms with E-state index in [2.05, 4.69) is 4.40 Å². The Bertz CT molecular complexity index is 1090. The van der Waals surface area contributed by atoms with Gasteiger partial charge in [0.25, 0.3) is 10.0 Å². The van der Waals surface area contributed by atoms with E-state index in [1.807, 2.05) is 6.92 Å². The number of esters is 1. The van der Waals surface area contributed by atoms with Gasteiger partial charge in [0.1, 0.15) is 16.5 Å². The zero-order chi connectivity index (χ0) is 18.7. The van der Waals surface area contributed by atoms with E-state index in [9.17, 15) is 13.2 Å². The zero-order valence-corrected chi connectivity index (χ0v) is 16.5. The van der Waals surface area contributed by atoms with Gasteiger partial charge in [-0.25, -0.2) is 0 Å². The van der Waals surface area contributed by atoms with Crippen LogP contribution in [-0.2, 0) is 26.1 Å². The monoisotopic (exact) mass is 412 g/mol. The third-order valence-electron chi connectivity index (χ3n) is 3.43. The fourth-order valence-corrected chi connectivity index (χ4v) is 5.51. The van der Waals surface area contributed by atoms with Crippen molar-refractivity contribution in [3.05, 3.63) is 40.5 Å². The Kier molecular flexibility index (Phi) is 5.44. The van der Waals surface area contributed by atoms with Crippen molar-refractivity contribution in [2.75, 3.05) is 13.7 Å². The van der Waals surface area contributed by atoms with Gasteiger partial charge in [-0.05, 0) is 36.6 Å². The summed E-state index contributed by atoms with van der Waals surface area (Å²) in [5, 5.41) is 1.67. The van der Waals surface area contributed by atoms with E-state index in [0.717, 1.165) is 16.0 Å². The molecular weight excluding hydrogens is 396 g/mol. The Balaban J connectivity index is 2.20. The Labute approximate surface area is 158 Å². The number of nitrogens with zero attached hydrogens (tertiary/aromatic N) is 2. The van der Waals surface area contributed by atoms with Crippen LogP contribution in [0.3, 0.4) is 0 Å². The third kappa shape index (κ3) is 3.81. The highest BCUT2D eigenvalue weighted by Crippen LogP contribution is 2.24. The van der Waals surface area contributed by atoms with Crippen molar-refractivity contribution in [2.24, 2.45) is 4.40 Å². The summed E-state index contributed by atoms with van der Waals surface area (Å²) in [5.41, 5.74) is 0.684. The van der Waals surface area contributed by atoms with Crippen LogP contribution in [0.2, 0.25) is 0 Å². The first kappa shape index (κ1) is 18.6. The number of rotatable bonds is 6. The van der Waals surface area contributed by atoms with Crippen LogP contribution in [0.5, 0.6) is 5.75 Å². The lowest BCUT2D eigenvalue weighted by molar-refractivity contribution is -0.141. The maximum atomic E-state index is 12.5. The van der Waals surface area contributed by atoms with E-state index in [0.29, 0.717) is 17.9 Å². The molecule has 0 saturated heterocycles. The number of ether oxygens (including phenoxy) is 2. The summed E-state index contributed by atoms with van der Waals surface area (Å²) in [6.45, 7) is 2.26. The highest BCUT2D eigenvalue weighted by Gasteiger charge is 2.17. The molecule has 0 aliphatic heterocycles. The highest BCUT2D eigenvalue weighted by atomic mass is 32.2. The molecule has 3 aromatic rings. The molecular formula is C16H16N2O5S3. The minimum Gasteiger partial charge on any atom is -0.494 e. The molecule has 26 heavy (non-hydrogen) atoms. The Morgan fingerprint density at radius 2 is 2.12 bits per heavy atom. The van der Waals surface area contributed by atoms with Crippen LogP contribution in [0, 0.1) is 0 Å². The maximum absolute atomic E-state index is 12.5. The normalized spacial score (nSPS) is 12.5. The Morgan fingerprint density at radius 3 is 2.77 bits per heavy atom. The molecule has 0 aliphatic carbocycles. The molecule has 0 saturated carbocycles. The van der Waals surface area contributed by atoms with Crippen molar-refractivity contribution in [3.63, 3.8) is 0 Å². The summed E-state index contributed by atoms with van der Waals surface area (Å²) in [5.74, 6) is 0.174. The molecule has 0 bridgehead atoms. The quantitative estimate of drug-likeness (QED) is 0.581. The predicted molar refractivity (Wildman–Crippen MR) is 100 cm³/mol. The van der Waals surface area contributed by atoms with Gasteiger partial charge in [0, 0.05) is 0 Å². The molecule has 1 aromatic carbocycles. The van der Waals surface area contributed by atoms with E-state index in [1.54, 1.807) is 29.6 Å². The number of fused-ring (bicyclic) bond motifs is 1. The number of thiazole rings is 1. The molecule has 2 heterocycles. The van der Waals surface area contributed by atoms with Crippen LogP contribution >= 0.6 is 22.7 Å². The summed E-state index contributed by atoms with van der Waals surface area (Å²) in [4.78, 5) is 12.0. The zero-order valence-electron chi connectivity index (χ0n) is 14.0. The highest BCUT2D eigenvalue weighted by molar-refractivity contribution is 7.92. The number of carbonyl (C=O) groups excluding carboxylic acids is 1. The minimum atomic E-state index is -3.85.